The SMILES string of the molecule is Cc1cc(/C(F)=C/c2ccc(C(F)(F)F)cc2)nn1Cc1cccc(C(=O)N2CCCC2)c1. The largest absolute Gasteiger partial charge is 0.416 e. The number of alkyl halides is 3. The highest BCUT2D eigenvalue weighted by Crippen LogP contribution is 2.30. The van der Waals surface area contributed by atoms with E-state index in [1.807, 2.05) is 23.1 Å². The van der Waals surface area contributed by atoms with E-state index in [2.05, 4.69) is 5.10 Å². The number of carbonyl (C=O) groups is 1. The van der Waals surface area contributed by atoms with Crippen LogP contribution in [0.5, 0.6) is 0 Å². The number of amides is 1. The standard InChI is InChI=1S/C25H23F4N3O/c1-17-13-23(22(26)15-18-7-9-21(10-8-18)25(27,28)29)30-32(17)16-19-5-4-6-20(14-19)24(33)31-11-2-3-12-31/h4-10,13-15H,2-3,11-12,16H2,1H3/b22-15-. The fraction of sp³-hybridized carbons (Fsp3) is 0.280. The van der Waals surface area contributed by atoms with Crippen molar-refractivity contribution in [3.8, 4) is 0 Å². The van der Waals surface area contributed by atoms with Crippen molar-refractivity contribution in [2.45, 2.75) is 32.5 Å². The van der Waals surface area contributed by atoms with Gasteiger partial charge in [0.2, 0.25) is 0 Å². The molecule has 0 N–H and O–H groups in total. The van der Waals surface area contributed by atoms with E-state index in [1.165, 1.54) is 12.1 Å². The number of carbonyl (C=O) groups excluding carboxylic acids is 1. The molecule has 172 valence electrons. The molecule has 0 aliphatic carbocycles. The van der Waals surface area contributed by atoms with Crippen LogP contribution in [0.2, 0.25) is 0 Å². The summed E-state index contributed by atoms with van der Waals surface area (Å²) in [5.41, 5.74) is 1.82. The van der Waals surface area contributed by atoms with Crippen molar-refractivity contribution >= 4 is 17.8 Å². The minimum Gasteiger partial charge on any atom is -0.339 e. The fourth-order valence-corrected chi connectivity index (χ4v) is 3.85. The van der Waals surface area contributed by atoms with Crippen LogP contribution in [0.4, 0.5) is 17.6 Å². The van der Waals surface area contributed by atoms with Crippen LogP contribution in [-0.4, -0.2) is 33.7 Å². The van der Waals surface area contributed by atoms with Crippen LogP contribution < -0.4 is 0 Å². The van der Waals surface area contributed by atoms with Gasteiger partial charge in [-0.1, -0.05) is 24.3 Å². The van der Waals surface area contributed by atoms with Crippen molar-refractivity contribution in [3.63, 3.8) is 0 Å². The lowest BCUT2D eigenvalue weighted by Crippen LogP contribution is -2.27. The number of hydrogen-bond donors (Lipinski definition) is 0. The molecule has 0 atom stereocenters. The number of halogens is 4. The highest BCUT2D eigenvalue weighted by atomic mass is 19.4. The summed E-state index contributed by atoms with van der Waals surface area (Å²) in [5, 5.41) is 4.31. The van der Waals surface area contributed by atoms with Gasteiger partial charge in [-0.25, -0.2) is 4.39 Å². The van der Waals surface area contributed by atoms with E-state index in [-0.39, 0.29) is 11.6 Å². The Bertz CT molecular complexity index is 1170. The monoisotopic (exact) mass is 457 g/mol. The van der Waals surface area contributed by atoms with E-state index in [1.54, 1.807) is 23.7 Å². The van der Waals surface area contributed by atoms with Crippen LogP contribution in [0, 0.1) is 6.92 Å². The Morgan fingerprint density at radius 2 is 1.76 bits per heavy atom. The Morgan fingerprint density at radius 3 is 2.42 bits per heavy atom. The van der Waals surface area contributed by atoms with Crippen molar-refractivity contribution < 1.29 is 22.4 Å². The highest BCUT2D eigenvalue weighted by Gasteiger charge is 2.29. The molecule has 0 unspecified atom stereocenters. The van der Waals surface area contributed by atoms with Gasteiger partial charge < -0.3 is 4.90 Å². The van der Waals surface area contributed by atoms with E-state index in [0.29, 0.717) is 17.7 Å². The minimum atomic E-state index is -4.44. The first-order chi connectivity index (χ1) is 15.7. The maximum absolute atomic E-state index is 14.7. The molecule has 1 aliphatic rings. The van der Waals surface area contributed by atoms with Crippen LogP contribution in [-0.2, 0) is 12.7 Å². The molecule has 1 fully saturated rings. The van der Waals surface area contributed by atoms with Gasteiger partial charge in [0.1, 0.15) is 5.69 Å². The Hall–Kier alpha value is -3.42. The topological polar surface area (TPSA) is 38.1 Å². The number of aromatic nitrogens is 2. The predicted octanol–water partition coefficient (Wildman–Crippen LogP) is 5.96. The maximum Gasteiger partial charge on any atom is 0.416 e. The van der Waals surface area contributed by atoms with Crippen molar-refractivity contribution in [2.24, 2.45) is 0 Å². The first kappa shape index (κ1) is 22.8. The Morgan fingerprint density at radius 1 is 1.06 bits per heavy atom. The van der Waals surface area contributed by atoms with Crippen LogP contribution in [0.3, 0.4) is 0 Å². The molecule has 4 rings (SSSR count). The van der Waals surface area contributed by atoms with Gasteiger partial charge in [0.15, 0.2) is 5.83 Å². The quantitative estimate of drug-likeness (QED) is 0.443. The summed E-state index contributed by atoms with van der Waals surface area (Å²) in [4.78, 5) is 14.5. The fourth-order valence-electron chi connectivity index (χ4n) is 3.85. The number of likely N-dealkylation sites (tertiary alicyclic amines) is 1. The summed E-state index contributed by atoms with van der Waals surface area (Å²) in [6, 6.07) is 13.2. The third-order valence-corrected chi connectivity index (χ3v) is 5.66. The summed E-state index contributed by atoms with van der Waals surface area (Å²) >= 11 is 0. The molecule has 0 bridgehead atoms. The number of hydrogen-bond acceptors (Lipinski definition) is 2. The summed E-state index contributed by atoms with van der Waals surface area (Å²) in [5.74, 6) is -0.632. The van der Waals surface area contributed by atoms with Crippen LogP contribution in [0.15, 0.2) is 54.6 Å². The van der Waals surface area contributed by atoms with Gasteiger partial charge in [0, 0.05) is 24.3 Å². The molecule has 33 heavy (non-hydrogen) atoms. The van der Waals surface area contributed by atoms with Gasteiger partial charge in [0.05, 0.1) is 12.1 Å². The number of aryl methyl sites for hydroxylation is 1. The van der Waals surface area contributed by atoms with E-state index in [9.17, 15) is 22.4 Å². The molecular weight excluding hydrogens is 434 g/mol. The van der Waals surface area contributed by atoms with Crippen LogP contribution in [0.1, 0.15) is 51.3 Å². The molecule has 2 aromatic carbocycles. The summed E-state index contributed by atoms with van der Waals surface area (Å²) < 4.78 is 54.5. The van der Waals surface area contributed by atoms with Gasteiger partial charge >= 0.3 is 6.18 Å². The summed E-state index contributed by atoms with van der Waals surface area (Å²) in [6.45, 7) is 3.70. The maximum atomic E-state index is 14.7. The van der Waals surface area contributed by atoms with Crippen molar-refractivity contribution in [3.05, 3.63) is 88.2 Å². The second-order valence-corrected chi connectivity index (χ2v) is 8.14. The molecule has 1 aromatic heterocycles. The number of nitrogens with zero attached hydrogens (tertiary/aromatic N) is 3. The van der Waals surface area contributed by atoms with Gasteiger partial charge in [-0.2, -0.15) is 18.3 Å². The third kappa shape index (κ3) is 5.32. The van der Waals surface area contributed by atoms with Gasteiger partial charge in [-0.3, -0.25) is 9.48 Å². The Balaban J connectivity index is 1.50. The second kappa shape index (κ2) is 9.21. The average molecular weight is 457 g/mol. The van der Waals surface area contributed by atoms with E-state index in [4.69, 9.17) is 0 Å². The lowest BCUT2D eigenvalue weighted by molar-refractivity contribution is -0.137. The zero-order chi connectivity index (χ0) is 23.6. The average Bonchev–Trinajstić information content (AvgIpc) is 3.44. The third-order valence-electron chi connectivity index (χ3n) is 5.66. The molecule has 2 heterocycles. The Labute approximate surface area is 189 Å². The molecule has 4 nitrogen and oxygen atoms in total. The van der Waals surface area contributed by atoms with E-state index >= 15 is 0 Å². The zero-order valence-electron chi connectivity index (χ0n) is 18.1. The number of rotatable bonds is 5. The Kier molecular flexibility index (Phi) is 6.35. The predicted molar refractivity (Wildman–Crippen MR) is 118 cm³/mol. The highest BCUT2D eigenvalue weighted by molar-refractivity contribution is 5.94. The summed E-state index contributed by atoms with van der Waals surface area (Å²) in [6.07, 6.45) is -1.24. The van der Waals surface area contributed by atoms with Gasteiger partial charge in [0.25, 0.3) is 5.91 Å². The molecule has 1 amide bonds. The number of benzene rings is 2. The lowest BCUT2D eigenvalue weighted by atomic mass is 10.1. The lowest BCUT2D eigenvalue weighted by Gasteiger charge is -2.15. The molecule has 0 radical (unpaired) electrons. The molecular formula is C25H23F4N3O. The molecule has 3 aromatic rings. The van der Waals surface area contributed by atoms with Crippen molar-refractivity contribution in [2.75, 3.05) is 13.1 Å². The van der Waals surface area contributed by atoms with E-state index in [0.717, 1.165) is 55.4 Å². The first-order valence-corrected chi connectivity index (χ1v) is 10.7. The van der Waals surface area contributed by atoms with Crippen molar-refractivity contribution in [1.29, 1.82) is 0 Å². The normalized spacial score (nSPS) is 14.7. The molecule has 0 saturated carbocycles. The van der Waals surface area contributed by atoms with Gasteiger partial charge in [-0.15, -0.1) is 0 Å². The molecule has 1 aliphatic heterocycles. The van der Waals surface area contributed by atoms with Crippen LogP contribution in [0.25, 0.3) is 11.9 Å². The zero-order valence-corrected chi connectivity index (χ0v) is 18.1. The van der Waals surface area contributed by atoms with Crippen molar-refractivity contribution in [1.82, 2.24) is 14.7 Å². The van der Waals surface area contributed by atoms with Crippen LogP contribution >= 0.6 is 0 Å². The smallest absolute Gasteiger partial charge is 0.339 e. The second-order valence-electron chi connectivity index (χ2n) is 8.14. The minimum absolute atomic E-state index is 0.0118. The summed E-state index contributed by atoms with van der Waals surface area (Å²) in [7, 11) is 0. The molecule has 0 spiro atoms. The van der Waals surface area contributed by atoms with E-state index < -0.39 is 17.6 Å². The van der Waals surface area contributed by atoms with Gasteiger partial charge in [-0.05, 0) is 67.3 Å². The first-order valence-electron chi connectivity index (χ1n) is 10.7. The molecule has 1 saturated heterocycles. The molecule has 8 heteroatoms.